The summed E-state index contributed by atoms with van der Waals surface area (Å²) in [5.41, 5.74) is 11.7. The van der Waals surface area contributed by atoms with Crippen LogP contribution in [-0.2, 0) is 11.8 Å². The third-order valence-corrected chi connectivity index (χ3v) is 8.77. The smallest absolute Gasteiger partial charge is 0.0408 e. The molecule has 0 N–H and O–H groups in total. The molecule has 0 heterocycles. The molecular weight excluding hydrogens is 480 g/mol. The van der Waals surface area contributed by atoms with E-state index in [1.807, 2.05) is 0 Å². The zero-order valence-corrected chi connectivity index (χ0v) is 25.0. The second-order valence-corrected chi connectivity index (χ2v) is 11.6. The van der Waals surface area contributed by atoms with Crippen molar-refractivity contribution in [3.63, 3.8) is 0 Å². The average molecular weight is 523 g/mol. The Kier molecular flexibility index (Phi) is 8.08. The summed E-state index contributed by atoms with van der Waals surface area (Å²) in [6.45, 7) is 13.7. The van der Waals surface area contributed by atoms with Crippen molar-refractivity contribution in [1.29, 1.82) is 0 Å². The van der Waals surface area contributed by atoms with Crippen LogP contribution in [0.1, 0.15) is 66.1 Å². The molecule has 0 amide bonds. The largest absolute Gasteiger partial charge is 0.0687 e. The third kappa shape index (κ3) is 5.04. The van der Waals surface area contributed by atoms with E-state index >= 15 is 0 Å². The molecule has 40 heavy (non-hydrogen) atoms. The van der Waals surface area contributed by atoms with E-state index in [9.17, 15) is 0 Å². The fourth-order valence-corrected chi connectivity index (χ4v) is 6.52. The van der Waals surface area contributed by atoms with Crippen LogP contribution in [0.4, 0.5) is 0 Å². The van der Waals surface area contributed by atoms with Gasteiger partial charge < -0.3 is 0 Å². The van der Waals surface area contributed by atoms with E-state index < -0.39 is 0 Å². The fraction of sp³-hybridized carbons (Fsp3) is 0.250. The standard InChI is InChI=1S/C40H42/c1-7-13-32-20-24-35(25-21-32)40(28(2)3,34-22-18-29(4)19-23-34)27-26-36-30(5)37-16-11-12-17-38(37)39(31(36)6)33-14-9-8-10-15-33/h8-12,14-28H,7,13H2,1-6H3/b27-26-. The molecule has 0 aliphatic heterocycles. The van der Waals surface area contributed by atoms with Gasteiger partial charge in [-0.1, -0.05) is 148 Å². The highest BCUT2D eigenvalue weighted by Gasteiger charge is 2.35. The van der Waals surface area contributed by atoms with Crippen LogP contribution in [-0.4, -0.2) is 0 Å². The van der Waals surface area contributed by atoms with Gasteiger partial charge in [-0.15, -0.1) is 0 Å². The molecule has 0 saturated heterocycles. The second-order valence-electron chi connectivity index (χ2n) is 11.6. The minimum atomic E-state index is -0.254. The van der Waals surface area contributed by atoms with E-state index in [-0.39, 0.29) is 5.41 Å². The lowest BCUT2D eigenvalue weighted by molar-refractivity contribution is 0.454. The first-order valence-electron chi connectivity index (χ1n) is 14.8. The van der Waals surface area contributed by atoms with Crippen molar-refractivity contribution in [3.8, 4) is 11.1 Å². The summed E-state index contributed by atoms with van der Waals surface area (Å²) in [5.74, 6) is 0.359. The molecule has 0 fully saturated rings. The summed E-state index contributed by atoms with van der Waals surface area (Å²) in [7, 11) is 0. The lowest BCUT2D eigenvalue weighted by Crippen LogP contribution is -2.31. The van der Waals surface area contributed by atoms with Crippen LogP contribution in [0.3, 0.4) is 0 Å². The predicted octanol–water partition coefficient (Wildman–Crippen LogP) is 11.0. The molecular formula is C40H42. The second kappa shape index (κ2) is 11.7. The van der Waals surface area contributed by atoms with Crippen LogP contribution < -0.4 is 0 Å². The average Bonchev–Trinajstić information content (AvgIpc) is 2.97. The van der Waals surface area contributed by atoms with Gasteiger partial charge in [0.2, 0.25) is 0 Å². The normalized spacial score (nSPS) is 13.3. The molecule has 0 aromatic heterocycles. The predicted molar refractivity (Wildman–Crippen MR) is 175 cm³/mol. The van der Waals surface area contributed by atoms with Crippen LogP contribution in [0.5, 0.6) is 0 Å². The maximum Gasteiger partial charge on any atom is 0.0408 e. The number of aryl methyl sites for hydroxylation is 3. The molecule has 0 saturated carbocycles. The fourth-order valence-electron chi connectivity index (χ4n) is 6.52. The van der Waals surface area contributed by atoms with E-state index in [0.717, 1.165) is 12.8 Å². The van der Waals surface area contributed by atoms with Gasteiger partial charge in [0.1, 0.15) is 0 Å². The summed E-state index contributed by atoms with van der Waals surface area (Å²) in [4.78, 5) is 0. The SMILES string of the molecule is CCCc1ccc(C(/C=C\c2c(C)c(-c3ccccc3)c3ccccc3c2C)(c2ccc(C)cc2)C(C)C)cc1. The van der Waals surface area contributed by atoms with Crippen LogP contribution in [0.2, 0.25) is 0 Å². The molecule has 0 bridgehead atoms. The molecule has 0 spiro atoms. The first-order chi connectivity index (χ1) is 19.4. The minimum absolute atomic E-state index is 0.254. The lowest BCUT2D eigenvalue weighted by Gasteiger charge is -2.37. The van der Waals surface area contributed by atoms with Gasteiger partial charge in [0, 0.05) is 5.41 Å². The van der Waals surface area contributed by atoms with Crippen molar-refractivity contribution in [2.75, 3.05) is 0 Å². The van der Waals surface area contributed by atoms with E-state index in [1.165, 1.54) is 60.8 Å². The maximum absolute atomic E-state index is 2.50. The van der Waals surface area contributed by atoms with Crippen molar-refractivity contribution in [2.45, 2.75) is 59.8 Å². The third-order valence-electron chi connectivity index (χ3n) is 8.77. The molecule has 5 aromatic rings. The summed E-state index contributed by atoms with van der Waals surface area (Å²) in [5, 5.41) is 2.64. The topological polar surface area (TPSA) is 0 Å². The van der Waals surface area contributed by atoms with Crippen LogP contribution in [0.25, 0.3) is 28.0 Å². The Morgan fingerprint density at radius 3 is 1.82 bits per heavy atom. The number of fused-ring (bicyclic) bond motifs is 1. The molecule has 5 rings (SSSR count). The van der Waals surface area contributed by atoms with Crippen LogP contribution >= 0.6 is 0 Å². The highest BCUT2D eigenvalue weighted by Crippen LogP contribution is 2.43. The number of rotatable bonds is 8. The van der Waals surface area contributed by atoms with Gasteiger partial charge in [0.25, 0.3) is 0 Å². The van der Waals surface area contributed by atoms with Gasteiger partial charge in [0.15, 0.2) is 0 Å². The Bertz CT molecular complexity index is 1620. The summed E-state index contributed by atoms with van der Waals surface area (Å²) >= 11 is 0. The van der Waals surface area contributed by atoms with Gasteiger partial charge in [0.05, 0.1) is 0 Å². The molecule has 0 radical (unpaired) electrons. The van der Waals surface area contributed by atoms with Crippen molar-refractivity contribution in [3.05, 3.63) is 148 Å². The Morgan fingerprint density at radius 2 is 1.23 bits per heavy atom. The molecule has 202 valence electrons. The molecule has 0 aliphatic carbocycles. The Balaban J connectivity index is 1.76. The van der Waals surface area contributed by atoms with Crippen molar-refractivity contribution < 1.29 is 0 Å². The van der Waals surface area contributed by atoms with Crippen molar-refractivity contribution >= 4 is 16.8 Å². The zero-order chi connectivity index (χ0) is 28.3. The number of benzene rings is 5. The van der Waals surface area contributed by atoms with Crippen molar-refractivity contribution in [1.82, 2.24) is 0 Å². The highest BCUT2D eigenvalue weighted by molar-refractivity contribution is 6.02. The summed E-state index contributed by atoms with van der Waals surface area (Å²) < 4.78 is 0. The molecule has 5 aromatic carbocycles. The summed E-state index contributed by atoms with van der Waals surface area (Å²) in [6.07, 6.45) is 7.20. The molecule has 0 nitrogen and oxygen atoms in total. The zero-order valence-electron chi connectivity index (χ0n) is 25.0. The Morgan fingerprint density at radius 1 is 0.650 bits per heavy atom. The molecule has 0 heteroatoms. The Labute approximate surface area is 241 Å². The first-order valence-corrected chi connectivity index (χ1v) is 14.8. The van der Waals surface area contributed by atoms with E-state index in [2.05, 4.69) is 157 Å². The lowest BCUT2D eigenvalue weighted by atomic mass is 9.66. The maximum atomic E-state index is 2.50. The monoisotopic (exact) mass is 522 g/mol. The van der Waals surface area contributed by atoms with Crippen LogP contribution in [0.15, 0.2) is 109 Å². The first kappa shape index (κ1) is 27.7. The van der Waals surface area contributed by atoms with Gasteiger partial charge >= 0.3 is 0 Å². The van der Waals surface area contributed by atoms with Gasteiger partial charge in [-0.05, 0) is 88.4 Å². The van der Waals surface area contributed by atoms with Crippen molar-refractivity contribution in [2.24, 2.45) is 5.92 Å². The molecule has 1 atom stereocenters. The van der Waals surface area contributed by atoms with Gasteiger partial charge in [-0.25, -0.2) is 0 Å². The Hall–Kier alpha value is -3.90. The van der Waals surface area contributed by atoms with E-state index in [0.29, 0.717) is 5.92 Å². The van der Waals surface area contributed by atoms with Gasteiger partial charge in [-0.2, -0.15) is 0 Å². The molecule has 1 unspecified atom stereocenters. The molecule has 0 aliphatic rings. The van der Waals surface area contributed by atoms with E-state index in [1.54, 1.807) is 0 Å². The minimum Gasteiger partial charge on any atom is -0.0687 e. The number of hydrogen-bond donors (Lipinski definition) is 0. The number of hydrogen-bond acceptors (Lipinski definition) is 0. The number of allylic oxidation sites excluding steroid dienone is 1. The van der Waals surface area contributed by atoms with E-state index in [4.69, 9.17) is 0 Å². The quantitative estimate of drug-likeness (QED) is 0.190. The summed E-state index contributed by atoms with van der Waals surface area (Å²) in [6, 6.07) is 38.3. The highest BCUT2D eigenvalue weighted by atomic mass is 14.4. The van der Waals surface area contributed by atoms with Crippen LogP contribution in [0, 0.1) is 26.7 Å². The van der Waals surface area contributed by atoms with Gasteiger partial charge in [-0.3, -0.25) is 0 Å².